The van der Waals surface area contributed by atoms with Gasteiger partial charge < -0.3 is 5.32 Å². The predicted octanol–water partition coefficient (Wildman–Crippen LogP) is 3.44. The van der Waals surface area contributed by atoms with E-state index in [1.54, 1.807) is 0 Å². The minimum atomic E-state index is 0.520. The lowest BCUT2D eigenvalue weighted by molar-refractivity contribution is 0.542. The number of allylic oxidation sites excluding steroid dienone is 1. The minimum Gasteiger partial charge on any atom is -0.310 e. The van der Waals surface area contributed by atoms with E-state index < -0.39 is 0 Å². The van der Waals surface area contributed by atoms with Crippen LogP contribution in [0.2, 0.25) is 0 Å². The van der Waals surface area contributed by atoms with Gasteiger partial charge in [-0.15, -0.1) is 6.58 Å². The second-order valence-corrected chi connectivity index (χ2v) is 5.18. The van der Waals surface area contributed by atoms with Crippen LogP contribution in [-0.4, -0.2) is 15.8 Å². The van der Waals surface area contributed by atoms with Crippen molar-refractivity contribution in [3.8, 4) is 0 Å². The highest BCUT2D eigenvalue weighted by atomic mass is 15.3. The maximum Gasteiger partial charge on any atom is 0.0638 e. The Bertz CT molecular complexity index is 353. The van der Waals surface area contributed by atoms with Crippen molar-refractivity contribution >= 4 is 0 Å². The van der Waals surface area contributed by atoms with E-state index in [0.29, 0.717) is 6.04 Å². The molecular weight excluding hydrogens is 222 g/mol. The molecule has 0 spiro atoms. The zero-order chi connectivity index (χ0) is 13.4. The van der Waals surface area contributed by atoms with Gasteiger partial charge in [0.2, 0.25) is 0 Å². The first kappa shape index (κ1) is 15.0. The van der Waals surface area contributed by atoms with Crippen molar-refractivity contribution in [2.45, 2.75) is 65.6 Å². The summed E-state index contributed by atoms with van der Waals surface area (Å²) < 4.78 is 2.08. The molecule has 0 bridgehead atoms. The van der Waals surface area contributed by atoms with E-state index in [9.17, 15) is 0 Å². The van der Waals surface area contributed by atoms with Crippen molar-refractivity contribution in [1.29, 1.82) is 0 Å². The van der Waals surface area contributed by atoms with Crippen LogP contribution in [0.15, 0.2) is 18.9 Å². The van der Waals surface area contributed by atoms with Gasteiger partial charge in [0.1, 0.15) is 0 Å². The summed E-state index contributed by atoms with van der Waals surface area (Å²) in [7, 11) is 0. The Morgan fingerprint density at radius 2 is 2.17 bits per heavy atom. The van der Waals surface area contributed by atoms with Crippen molar-refractivity contribution in [3.63, 3.8) is 0 Å². The number of nitrogens with one attached hydrogen (secondary N) is 1. The summed E-state index contributed by atoms with van der Waals surface area (Å²) in [5.74, 6) is 0. The molecule has 0 aliphatic carbocycles. The fourth-order valence-corrected chi connectivity index (χ4v) is 1.90. The van der Waals surface area contributed by atoms with Crippen LogP contribution in [0.25, 0.3) is 0 Å². The number of aromatic nitrogens is 2. The van der Waals surface area contributed by atoms with Crippen LogP contribution < -0.4 is 5.32 Å². The summed E-state index contributed by atoms with van der Waals surface area (Å²) in [6.07, 6.45) is 9.00. The number of rotatable bonds is 9. The first-order valence-corrected chi connectivity index (χ1v) is 7.00. The summed E-state index contributed by atoms with van der Waals surface area (Å²) >= 11 is 0. The van der Waals surface area contributed by atoms with Gasteiger partial charge in [0, 0.05) is 30.9 Å². The Morgan fingerprint density at radius 3 is 2.83 bits per heavy atom. The quantitative estimate of drug-likeness (QED) is 0.537. The molecule has 1 heterocycles. The molecule has 1 aromatic rings. The van der Waals surface area contributed by atoms with Gasteiger partial charge in [-0.3, -0.25) is 4.68 Å². The Balaban J connectivity index is 2.33. The molecule has 0 saturated carbocycles. The van der Waals surface area contributed by atoms with Gasteiger partial charge in [-0.1, -0.05) is 26.3 Å². The van der Waals surface area contributed by atoms with E-state index >= 15 is 0 Å². The zero-order valence-electron chi connectivity index (χ0n) is 12.1. The van der Waals surface area contributed by atoms with E-state index in [2.05, 4.69) is 48.6 Å². The number of hydrogen-bond donors (Lipinski definition) is 1. The molecule has 0 aromatic carbocycles. The molecule has 0 aliphatic rings. The number of aryl methyl sites for hydroxylation is 2. The molecule has 1 N–H and O–H groups in total. The van der Waals surface area contributed by atoms with Crippen LogP contribution in [0.3, 0.4) is 0 Å². The van der Waals surface area contributed by atoms with Crippen LogP contribution in [-0.2, 0) is 13.1 Å². The van der Waals surface area contributed by atoms with Crippen LogP contribution in [0.5, 0.6) is 0 Å². The number of unbranched alkanes of at least 4 members (excludes halogenated alkanes) is 3. The van der Waals surface area contributed by atoms with E-state index in [1.165, 1.54) is 24.8 Å². The van der Waals surface area contributed by atoms with Gasteiger partial charge >= 0.3 is 0 Å². The summed E-state index contributed by atoms with van der Waals surface area (Å²) in [6.45, 7) is 12.1. The van der Waals surface area contributed by atoms with E-state index in [-0.39, 0.29) is 0 Å². The first-order chi connectivity index (χ1) is 8.63. The maximum absolute atomic E-state index is 4.56. The van der Waals surface area contributed by atoms with Crippen molar-refractivity contribution in [3.05, 3.63) is 30.1 Å². The van der Waals surface area contributed by atoms with Gasteiger partial charge in [-0.05, 0) is 26.2 Å². The fraction of sp³-hybridized carbons (Fsp3) is 0.667. The second kappa shape index (κ2) is 8.09. The highest BCUT2D eigenvalue weighted by Gasteiger charge is 2.05. The van der Waals surface area contributed by atoms with E-state index in [1.807, 2.05) is 6.08 Å². The number of hydrogen-bond acceptors (Lipinski definition) is 2. The van der Waals surface area contributed by atoms with Crippen molar-refractivity contribution in [1.82, 2.24) is 15.1 Å². The van der Waals surface area contributed by atoms with Crippen molar-refractivity contribution in [2.75, 3.05) is 0 Å². The molecule has 0 unspecified atom stereocenters. The van der Waals surface area contributed by atoms with Gasteiger partial charge in [0.25, 0.3) is 0 Å². The molecule has 102 valence electrons. The third-order valence-corrected chi connectivity index (χ3v) is 3.04. The largest absolute Gasteiger partial charge is 0.310 e. The Hall–Kier alpha value is -1.09. The van der Waals surface area contributed by atoms with E-state index in [4.69, 9.17) is 0 Å². The normalized spacial score (nSPS) is 11.1. The Labute approximate surface area is 111 Å². The molecule has 3 heteroatoms. The monoisotopic (exact) mass is 249 g/mol. The average molecular weight is 249 g/mol. The minimum absolute atomic E-state index is 0.520. The highest BCUT2D eigenvalue weighted by Crippen LogP contribution is 2.08. The average Bonchev–Trinajstić information content (AvgIpc) is 2.67. The Morgan fingerprint density at radius 1 is 1.39 bits per heavy atom. The molecule has 1 rings (SSSR count). The molecule has 3 nitrogen and oxygen atoms in total. The fourth-order valence-electron chi connectivity index (χ4n) is 1.90. The molecule has 1 aromatic heterocycles. The molecule has 0 aliphatic heterocycles. The van der Waals surface area contributed by atoms with Gasteiger partial charge in [-0.25, -0.2) is 0 Å². The molecule has 0 fully saturated rings. The smallest absolute Gasteiger partial charge is 0.0638 e. The number of nitrogens with zero attached hydrogens (tertiary/aromatic N) is 2. The summed E-state index contributed by atoms with van der Waals surface area (Å²) in [4.78, 5) is 0. The summed E-state index contributed by atoms with van der Waals surface area (Å²) in [5.41, 5.74) is 2.46. The highest BCUT2D eigenvalue weighted by molar-refractivity contribution is 5.15. The lowest BCUT2D eigenvalue weighted by Crippen LogP contribution is -2.21. The summed E-state index contributed by atoms with van der Waals surface area (Å²) in [6, 6.07) is 0.520. The van der Waals surface area contributed by atoms with Crippen LogP contribution >= 0.6 is 0 Å². The molecule has 0 radical (unpaired) electrons. The standard InChI is InChI=1S/C15H27N3/c1-5-6-7-8-9-10-18-12-15(14(4)17-18)11-16-13(2)3/h5,12-13,16H,1,6-11H2,2-4H3. The molecule has 0 atom stereocenters. The zero-order valence-corrected chi connectivity index (χ0v) is 12.1. The van der Waals surface area contributed by atoms with E-state index in [0.717, 1.165) is 25.2 Å². The molecular formula is C15H27N3. The topological polar surface area (TPSA) is 29.9 Å². The molecule has 18 heavy (non-hydrogen) atoms. The third kappa shape index (κ3) is 5.50. The van der Waals surface area contributed by atoms with Gasteiger partial charge in [0.15, 0.2) is 0 Å². The third-order valence-electron chi connectivity index (χ3n) is 3.04. The first-order valence-electron chi connectivity index (χ1n) is 7.00. The Kier molecular flexibility index (Phi) is 6.73. The van der Waals surface area contributed by atoms with Crippen LogP contribution in [0.4, 0.5) is 0 Å². The SMILES string of the molecule is C=CCCCCCn1cc(CNC(C)C)c(C)n1. The van der Waals surface area contributed by atoms with Crippen molar-refractivity contribution in [2.24, 2.45) is 0 Å². The predicted molar refractivity (Wildman–Crippen MR) is 77.6 cm³/mol. The second-order valence-electron chi connectivity index (χ2n) is 5.18. The lowest BCUT2D eigenvalue weighted by atomic mass is 10.2. The van der Waals surface area contributed by atoms with Gasteiger partial charge in [-0.2, -0.15) is 5.10 Å². The summed E-state index contributed by atoms with van der Waals surface area (Å²) in [5, 5.41) is 8.00. The molecule has 0 saturated heterocycles. The maximum atomic E-state index is 4.56. The van der Waals surface area contributed by atoms with Crippen molar-refractivity contribution < 1.29 is 0 Å². The van der Waals surface area contributed by atoms with Gasteiger partial charge in [0.05, 0.1) is 5.69 Å². The van der Waals surface area contributed by atoms with Crippen LogP contribution in [0, 0.1) is 6.92 Å². The molecule has 0 amide bonds. The van der Waals surface area contributed by atoms with Crippen LogP contribution in [0.1, 0.15) is 50.8 Å². The lowest BCUT2D eigenvalue weighted by Gasteiger charge is -2.06.